The van der Waals surface area contributed by atoms with Crippen LogP contribution in [0.15, 0.2) is 0 Å². The van der Waals surface area contributed by atoms with Gasteiger partial charge in [0.1, 0.15) is 6.10 Å². The van der Waals surface area contributed by atoms with Crippen molar-refractivity contribution < 1.29 is 15.0 Å². The van der Waals surface area contributed by atoms with Gasteiger partial charge < -0.3 is 10.2 Å². The average molecular weight is 150 g/mol. The number of aliphatic hydroxyl groups is 1. The Bertz CT molecular complexity index is 83.0. The number of aliphatic hydroxyl groups excluding tert-OH is 1. The maximum absolute atomic E-state index is 9.45. The van der Waals surface area contributed by atoms with Gasteiger partial charge in [-0.3, -0.25) is 11.3 Å². The number of nitrogens with one attached hydrogen (secondary N) is 1. The van der Waals surface area contributed by atoms with Crippen LogP contribution in [0, 0.1) is 0 Å². The van der Waals surface area contributed by atoms with Crippen LogP contribution in [0.4, 0.5) is 0 Å². The molecule has 0 aliphatic carbocycles. The molecule has 10 heavy (non-hydrogen) atoms. The van der Waals surface area contributed by atoms with E-state index in [1.165, 1.54) is 6.92 Å². The minimum absolute atomic E-state index is 0.847. The summed E-state index contributed by atoms with van der Waals surface area (Å²) in [5.74, 6) is 3.59. The molecule has 0 saturated carbocycles. The topological polar surface area (TPSA) is 95.6 Å². The van der Waals surface area contributed by atoms with Crippen LogP contribution >= 0.6 is 0 Å². The molecule has 0 rings (SSSR count). The van der Waals surface area contributed by atoms with E-state index in [4.69, 9.17) is 16.1 Å². The Morgan fingerprint density at radius 3 is 2.00 bits per heavy atom. The number of rotatable bonds is 2. The summed E-state index contributed by atoms with van der Waals surface area (Å²) in [6, 6.07) is 0. The lowest BCUT2D eigenvalue weighted by molar-refractivity contribution is -0.145. The second-order valence-corrected chi connectivity index (χ2v) is 1.57. The van der Waals surface area contributed by atoms with Crippen LogP contribution < -0.4 is 11.3 Å². The lowest BCUT2D eigenvalue weighted by atomic mass is 10.4. The molecule has 5 N–H and O–H groups in total. The van der Waals surface area contributed by atoms with Crippen molar-refractivity contribution >= 4 is 5.97 Å². The first-order valence-corrected chi connectivity index (χ1v) is 2.90. The van der Waals surface area contributed by atoms with Gasteiger partial charge in [0.25, 0.3) is 0 Å². The number of aliphatic carboxylic acids is 1. The SMILES string of the molecule is CC(O)C(=O)O.CCNN. The molecule has 0 aromatic carbocycles. The van der Waals surface area contributed by atoms with Gasteiger partial charge in [0.15, 0.2) is 0 Å². The van der Waals surface area contributed by atoms with Crippen LogP contribution in [-0.4, -0.2) is 28.8 Å². The van der Waals surface area contributed by atoms with Gasteiger partial charge in [-0.15, -0.1) is 0 Å². The average Bonchev–Trinajstić information content (AvgIpc) is 1.89. The molecule has 0 spiro atoms. The molecule has 5 nitrogen and oxygen atoms in total. The zero-order chi connectivity index (χ0) is 8.57. The van der Waals surface area contributed by atoms with E-state index in [0.717, 1.165) is 6.54 Å². The third-order valence-electron chi connectivity index (χ3n) is 0.562. The van der Waals surface area contributed by atoms with Gasteiger partial charge in [-0.2, -0.15) is 0 Å². The van der Waals surface area contributed by atoms with Gasteiger partial charge in [-0.25, -0.2) is 4.79 Å². The number of hydrogen-bond donors (Lipinski definition) is 4. The van der Waals surface area contributed by atoms with Gasteiger partial charge in [0.05, 0.1) is 0 Å². The summed E-state index contributed by atoms with van der Waals surface area (Å²) >= 11 is 0. The Labute approximate surface area is 59.8 Å². The molecule has 0 fully saturated rings. The molecule has 5 heteroatoms. The Morgan fingerprint density at radius 2 is 2.00 bits per heavy atom. The normalized spacial score (nSPS) is 11.2. The molecule has 0 aromatic heterocycles. The zero-order valence-corrected chi connectivity index (χ0v) is 6.16. The number of hydrogen-bond acceptors (Lipinski definition) is 4. The van der Waals surface area contributed by atoms with Gasteiger partial charge in [0, 0.05) is 6.54 Å². The third-order valence-corrected chi connectivity index (χ3v) is 0.562. The monoisotopic (exact) mass is 150 g/mol. The predicted molar refractivity (Wildman–Crippen MR) is 37.2 cm³/mol. The fraction of sp³-hybridized carbons (Fsp3) is 0.800. The van der Waals surface area contributed by atoms with E-state index in [1.807, 2.05) is 6.92 Å². The van der Waals surface area contributed by atoms with Crippen LogP contribution in [0.25, 0.3) is 0 Å². The van der Waals surface area contributed by atoms with Gasteiger partial charge in [0.2, 0.25) is 0 Å². The molecule has 0 aromatic rings. The Balaban J connectivity index is 0. The maximum Gasteiger partial charge on any atom is 0.332 e. The first-order valence-electron chi connectivity index (χ1n) is 2.90. The minimum atomic E-state index is -1.23. The van der Waals surface area contributed by atoms with Gasteiger partial charge >= 0.3 is 5.97 Å². The molecular formula is C5H14N2O3. The highest BCUT2D eigenvalue weighted by Gasteiger charge is 2.01. The fourth-order valence-electron chi connectivity index (χ4n) is 0. The van der Waals surface area contributed by atoms with Crippen molar-refractivity contribution in [3.05, 3.63) is 0 Å². The summed E-state index contributed by atoms with van der Waals surface area (Å²) < 4.78 is 0. The quantitative estimate of drug-likeness (QED) is 0.297. The van der Waals surface area contributed by atoms with Crippen LogP contribution in [0.1, 0.15) is 13.8 Å². The molecule has 0 radical (unpaired) electrons. The Kier molecular flexibility index (Phi) is 10.1. The Hall–Kier alpha value is -0.650. The third kappa shape index (κ3) is 15.7. The minimum Gasteiger partial charge on any atom is -0.479 e. The van der Waals surface area contributed by atoms with Crippen molar-refractivity contribution in [1.82, 2.24) is 5.43 Å². The maximum atomic E-state index is 9.45. The van der Waals surface area contributed by atoms with Crippen molar-refractivity contribution in [2.45, 2.75) is 20.0 Å². The first-order chi connectivity index (χ1) is 4.56. The molecule has 0 saturated heterocycles. The fourth-order valence-corrected chi connectivity index (χ4v) is 0. The van der Waals surface area contributed by atoms with Crippen LogP contribution in [-0.2, 0) is 4.79 Å². The van der Waals surface area contributed by atoms with E-state index in [2.05, 4.69) is 5.43 Å². The van der Waals surface area contributed by atoms with E-state index >= 15 is 0 Å². The lowest BCUT2D eigenvalue weighted by Gasteiger charge is -1.89. The highest BCUT2D eigenvalue weighted by atomic mass is 16.4. The lowest BCUT2D eigenvalue weighted by Crippen LogP contribution is -2.20. The smallest absolute Gasteiger partial charge is 0.332 e. The molecule has 0 aliphatic heterocycles. The summed E-state index contributed by atoms with van der Waals surface area (Å²) in [6.07, 6.45) is -1.23. The molecule has 0 bridgehead atoms. The molecule has 0 aliphatic rings. The summed E-state index contributed by atoms with van der Waals surface area (Å²) in [6.45, 7) is 3.99. The highest BCUT2D eigenvalue weighted by molar-refractivity contribution is 5.71. The van der Waals surface area contributed by atoms with Crippen molar-refractivity contribution in [3.63, 3.8) is 0 Å². The van der Waals surface area contributed by atoms with Crippen LogP contribution in [0.3, 0.4) is 0 Å². The van der Waals surface area contributed by atoms with Crippen molar-refractivity contribution in [2.75, 3.05) is 6.54 Å². The summed E-state index contributed by atoms with van der Waals surface area (Å²) in [5, 5.41) is 15.8. The Morgan fingerprint density at radius 1 is 1.80 bits per heavy atom. The zero-order valence-electron chi connectivity index (χ0n) is 6.16. The number of hydrazine groups is 1. The van der Waals surface area contributed by atoms with E-state index in [1.54, 1.807) is 0 Å². The number of carboxylic acids is 1. The second-order valence-electron chi connectivity index (χ2n) is 1.57. The van der Waals surface area contributed by atoms with E-state index < -0.39 is 12.1 Å². The molecular weight excluding hydrogens is 136 g/mol. The van der Waals surface area contributed by atoms with Crippen molar-refractivity contribution in [2.24, 2.45) is 5.84 Å². The van der Waals surface area contributed by atoms with Crippen molar-refractivity contribution in [3.8, 4) is 0 Å². The van der Waals surface area contributed by atoms with E-state index in [0.29, 0.717) is 0 Å². The molecule has 1 unspecified atom stereocenters. The molecule has 62 valence electrons. The predicted octanol–water partition coefficient (Wildman–Crippen LogP) is -1.08. The molecule has 1 atom stereocenters. The molecule has 0 heterocycles. The second kappa shape index (κ2) is 8.35. The van der Waals surface area contributed by atoms with Gasteiger partial charge in [-0.05, 0) is 6.92 Å². The van der Waals surface area contributed by atoms with Crippen LogP contribution in [0.5, 0.6) is 0 Å². The largest absolute Gasteiger partial charge is 0.479 e. The van der Waals surface area contributed by atoms with Crippen molar-refractivity contribution in [1.29, 1.82) is 0 Å². The van der Waals surface area contributed by atoms with Crippen LogP contribution in [0.2, 0.25) is 0 Å². The number of carbonyl (C=O) groups is 1. The van der Waals surface area contributed by atoms with Gasteiger partial charge in [-0.1, -0.05) is 6.92 Å². The standard InChI is InChI=1S/C3H6O3.C2H8N2/c1-2(4)3(5)6;1-2-4-3/h2,4H,1H3,(H,5,6);4H,2-3H2,1H3. The van der Waals surface area contributed by atoms with E-state index in [-0.39, 0.29) is 0 Å². The molecule has 0 amide bonds. The van der Waals surface area contributed by atoms with E-state index in [9.17, 15) is 4.79 Å². The summed E-state index contributed by atoms with van der Waals surface area (Å²) in [4.78, 5) is 9.45. The number of nitrogens with two attached hydrogens (primary N) is 1. The summed E-state index contributed by atoms with van der Waals surface area (Å²) in [5.41, 5.74) is 2.43. The summed E-state index contributed by atoms with van der Waals surface area (Å²) in [7, 11) is 0. The number of carboxylic acid groups (broad SMARTS) is 1. The highest BCUT2D eigenvalue weighted by Crippen LogP contribution is 1.73. The first kappa shape index (κ1) is 12.1.